The SMILES string of the molecule is O=C(O)c1ccc(OC[C@@H](O)Cn2cncn2)cc1. The summed E-state index contributed by atoms with van der Waals surface area (Å²) in [5, 5.41) is 22.3. The standard InChI is InChI=1S/C12H13N3O4/c16-10(5-15-8-13-7-14-15)6-19-11-3-1-9(2-4-11)12(17)18/h1-4,7-8,10,16H,5-6H2,(H,17,18)/t10-/m0/s1. The fourth-order valence-electron chi connectivity index (χ4n) is 1.48. The van der Waals surface area contributed by atoms with E-state index in [0.717, 1.165) is 0 Å². The van der Waals surface area contributed by atoms with Gasteiger partial charge in [0.1, 0.15) is 31.1 Å². The molecule has 0 saturated carbocycles. The maximum Gasteiger partial charge on any atom is 0.335 e. The first-order valence-corrected chi connectivity index (χ1v) is 5.62. The van der Waals surface area contributed by atoms with Crippen LogP contribution in [0, 0.1) is 0 Å². The van der Waals surface area contributed by atoms with E-state index >= 15 is 0 Å². The summed E-state index contributed by atoms with van der Waals surface area (Å²) < 4.78 is 6.85. The van der Waals surface area contributed by atoms with Crippen LogP contribution in [-0.4, -0.2) is 43.7 Å². The number of nitrogens with zero attached hydrogens (tertiary/aromatic N) is 3. The Kier molecular flexibility index (Phi) is 4.09. The Morgan fingerprint density at radius 2 is 2.11 bits per heavy atom. The maximum absolute atomic E-state index is 10.7. The molecule has 7 nitrogen and oxygen atoms in total. The van der Waals surface area contributed by atoms with E-state index in [1.807, 2.05) is 0 Å². The zero-order valence-electron chi connectivity index (χ0n) is 10.0. The third kappa shape index (κ3) is 3.78. The average molecular weight is 263 g/mol. The van der Waals surface area contributed by atoms with Gasteiger partial charge in [0, 0.05) is 0 Å². The molecule has 1 heterocycles. The van der Waals surface area contributed by atoms with Gasteiger partial charge in [0.2, 0.25) is 0 Å². The largest absolute Gasteiger partial charge is 0.491 e. The Bertz CT molecular complexity index is 524. The number of carboxylic acid groups (broad SMARTS) is 1. The van der Waals surface area contributed by atoms with Crippen LogP contribution in [0.4, 0.5) is 0 Å². The molecular formula is C12H13N3O4. The summed E-state index contributed by atoms with van der Waals surface area (Å²) in [6.45, 7) is 0.374. The Balaban J connectivity index is 1.83. The van der Waals surface area contributed by atoms with Crippen LogP contribution in [0.5, 0.6) is 5.75 Å². The number of rotatable bonds is 6. The second-order valence-corrected chi connectivity index (χ2v) is 3.91. The first-order chi connectivity index (χ1) is 9.15. The molecule has 0 aliphatic carbocycles. The highest BCUT2D eigenvalue weighted by atomic mass is 16.5. The number of aliphatic hydroxyl groups excluding tert-OH is 1. The summed E-state index contributed by atoms with van der Waals surface area (Å²) in [5.74, 6) is -0.486. The second kappa shape index (κ2) is 5.96. The van der Waals surface area contributed by atoms with Crippen molar-refractivity contribution in [3.63, 3.8) is 0 Å². The van der Waals surface area contributed by atoms with Crippen LogP contribution < -0.4 is 4.74 Å². The normalized spacial score (nSPS) is 12.1. The van der Waals surface area contributed by atoms with Gasteiger partial charge in [0.05, 0.1) is 12.1 Å². The van der Waals surface area contributed by atoms with E-state index < -0.39 is 12.1 Å². The fraction of sp³-hybridized carbons (Fsp3) is 0.250. The predicted octanol–water partition coefficient (Wildman–Crippen LogP) is 0.416. The molecule has 0 unspecified atom stereocenters. The zero-order valence-corrected chi connectivity index (χ0v) is 10.0. The number of ether oxygens (including phenoxy) is 1. The number of benzene rings is 1. The molecule has 0 spiro atoms. The number of aromatic nitrogens is 3. The lowest BCUT2D eigenvalue weighted by molar-refractivity contribution is 0.0696. The minimum Gasteiger partial charge on any atom is -0.491 e. The molecule has 1 aromatic carbocycles. The van der Waals surface area contributed by atoms with E-state index in [9.17, 15) is 9.90 Å². The number of carboxylic acids is 1. The van der Waals surface area contributed by atoms with Crippen LogP contribution in [0.15, 0.2) is 36.9 Å². The second-order valence-electron chi connectivity index (χ2n) is 3.91. The van der Waals surface area contributed by atoms with Gasteiger partial charge >= 0.3 is 5.97 Å². The van der Waals surface area contributed by atoms with E-state index in [1.165, 1.54) is 29.5 Å². The van der Waals surface area contributed by atoms with Gasteiger partial charge < -0.3 is 14.9 Å². The molecule has 0 radical (unpaired) electrons. The van der Waals surface area contributed by atoms with Gasteiger partial charge in [-0.05, 0) is 24.3 Å². The minimum absolute atomic E-state index is 0.0896. The van der Waals surface area contributed by atoms with Crippen molar-refractivity contribution < 1.29 is 19.7 Å². The summed E-state index contributed by atoms with van der Waals surface area (Å²) in [5.41, 5.74) is 0.190. The van der Waals surface area contributed by atoms with Gasteiger partial charge in [-0.1, -0.05) is 0 Å². The maximum atomic E-state index is 10.7. The zero-order chi connectivity index (χ0) is 13.7. The Morgan fingerprint density at radius 3 is 2.68 bits per heavy atom. The van der Waals surface area contributed by atoms with Crippen molar-refractivity contribution in [2.45, 2.75) is 12.6 Å². The average Bonchev–Trinajstić information content (AvgIpc) is 2.89. The highest BCUT2D eigenvalue weighted by Gasteiger charge is 2.07. The minimum atomic E-state index is -0.988. The number of carbonyl (C=O) groups is 1. The molecule has 2 N–H and O–H groups in total. The lowest BCUT2D eigenvalue weighted by Gasteiger charge is -2.12. The molecule has 0 bridgehead atoms. The predicted molar refractivity (Wildman–Crippen MR) is 64.9 cm³/mol. The van der Waals surface area contributed by atoms with Crippen LogP contribution in [0.2, 0.25) is 0 Å². The topological polar surface area (TPSA) is 97.5 Å². The molecule has 0 aliphatic rings. The van der Waals surface area contributed by atoms with E-state index in [2.05, 4.69) is 10.1 Å². The van der Waals surface area contributed by atoms with Crippen molar-refractivity contribution in [1.29, 1.82) is 0 Å². The summed E-state index contributed by atoms with van der Waals surface area (Å²) in [7, 11) is 0. The molecule has 1 aromatic heterocycles. The van der Waals surface area contributed by atoms with E-state index in [1.54, 1.807) is 12.1 Å². The Hall–Kier alpha value is -2.41. The first kappa shape index (κ1) is 13.0. The van der Waals surface area contributed by atoms with E-state index in [4.69, 9.17) is 9.84 Å². The van der Waals surface area contributed by atoms with Crippen molar-refractivity contribution in [2.75, 3.05) is 6.61 Å². The fourth-order valence-corrected chi connectivity index (χ4v) is 1.48. The van der Waals surface area contributed by atoms with Gasteiger partial charge in [0.15, 0.2) is 0 Å². The van der Waals surface area contributed by atoms with Crippen LogP contribution in [0.1, 0.15) is 10.4 Å². The van der Waals surface area contributed by atoms with Gasteiger partial charge in [-0.15, -0.1) is 0 Å². The van der Waals surface area contributed by atoms with Crippen molar-refractivity contribution in [3.05, 3.63) is 42.5 Å². The summed E-state index contributed by atoms with van der Waals surface area (Å²) in [6, 6.07) is 5.99. The van der Waals surface area contributed by atoms with Gasteiger partial charge in [-0.25, -0.2) is 9.78 Å². The Morgan fingerprint density at radius 1 is 1.37 bits per heavy atom. The lowest BCUT2D eigenvalue weighted by atomic mass is 10.2. The van der Waals surface area contributed by atoms with Gasteiger partial charge in [0.25, 0.3) is 0 Å². The Labute approximate surface area is 109 Å². The number of hydrogen-bond donors (Lipinski definition) is 2. The molecule has 0 aliphatic heterocycles. The molecule has 2 aromatic rings. The van der Waals surface area contributed by atoms with Crippen LogP contribution in [-0.2, 0) is 6.54 Å². The molecule has 1 atom stereocenters. The molecule has 2 rings (SSSR count). The van der Waals surface area contributed by atoms with Gasteiger partial charge in [-0.3, -0.25) is 4.68 Å². The molecule has 100 valence electrons. The first-order valence-electron chi connectivity index (χ1n) is 5.62. The van der Waals surface area contributed by atoms with Crippen LogP contribution in [0.3, 0.4) is 0 Å². The molecule has 0 saturated heterocycles. The third-order valence-corrected chi connectivity index (χ3v) is 2.41. The lowest BCUT2D eigenvalue weighted by Crippen LogP contribution is -2.23. The smallest absolute Gasteiger partial charge is 0.335 e. The highest BCUT2D eigenvalue weighted by Crippen LogP contribution is 2.12. The number of aliphatic hydroxyl groups is 1. The summed E-state index contributed by atoms with van der Waals surface area (Å²) in [6.07, 6.45) is 2.17. The quantitative estimate of drug-likeness (QED) is 0.783. The van der Waals surface area contributed by atoms with Crippen molar-refractivity contribution in [1.82, 2.24) is 14.8 Å². The monoisotopic (exact) mass is 263 g/mol. The molecule has 0 amide bonds. The van der Waals surface area contributed by atoms with E-state index in [-0.39, 0.29) is 18.7 Å². The van der Waals surface area contributed by atoms with Gasteiger partial charge in [-0.2, -0.15) is 5.10 Å². The van der Waals surface area contributed by atoms with Crippen molar-refractivity contribution in [2.24, 2.45) is 0 Å². The molecular weight excluding hydrogens is 250 g/mol. The van der Waals surface area contributed by atoms with Crippen LogP contribution >= 0.6 is 0 Å². The van der Waals surface area contributed by atoms with Crippen LogP contribution in [0.25, 0.3) is 0 Å². The highest BCUT2D eigenvalue weighted by molar-refractivity contribution is 5.87. The molecule has 0 fully saturated rings. The van der Waals surface area contributed by atoms with Crippen molar-refractivity contribution in [3.8, 4) is 5.75 Å². The van der Waals surface area contributed by atoms with Crippen molar-refractivity contribution >= 4 is 5.97 Å². The number of aromatic carboxylic acids is 1. The molecule has 19 heavy (non-hydrogen) atoms. The summed E-state index contributed by atoms with van der Waals surface area (Å²) in [4.78, 5) is 14.4. The molecule has 7 heteroatoms. The van der Waals surface area contributed by atoms with E-state index in [0.29, 0.717) is 5.75 Å². The third-order valence-electron chi connectivity index (χ3n) is 2.41. The number of hydrogen-bond acceptors (Lipinski definition) is 5. The summed E-state index contributed by atoms with van der Waals surface area (Å²) >= 11 is 0.